The van der Waals surface area contributed by atoms with Crippen molar-refractivity contribution in [1.29, 1.82) is 0 Å². The smallest absolute Gasteiger partial charge is 0.188 e. The van der Waals surface area contributed by atoms with Gasteiger partial charge in [0, 0.05) is 17.0 Å². The number of rotatable bonds is 5. The molecule has 1 unspecified atom stereocenters. The number of nitrogens with two attached hydrogens (primary N) is 1. The molecule has 0 heterocycles. The molecule has 1 atom stereocenters. The van der Waals surface area contributed by atoms with E-state index in [0.717, 1.165) is 19.3 Å². The van der Waals surface area contributed by atoms with Crippen LogP contribution in [-0.4, -0.2) is 18.5 Å². The quantitative estimate of drug-likeness (QED) is 0.644. The summed E-state index contributed by atoms with van der Waals surface area (Å²) < 4.78 is 27.7. The largest absolute Gasteiger partial charge is 0.370 e. The van der Waals surface area contributed by atoms with Gasteiger partial charge in [0.2, 0.25) is 0 Å². The molecule has 1 fully saturated rings. The lowest BCUT2D eigenvalue weighted by atomic mass is 9.95. The Bertz CT molecular complexity index is 490. The van der Waals surface area contributed by atoms with Crippen molar-refractivity contribution in [3.63, 3.8) is 0 Å². The third-order valence-corrected chi connectivity index (χ3v) is 3.91. The zero-order valence-electron chi connectivity index (χ0n) is 11.9. The van der Waals surface area contributed by atoms with Crippen LogP contribution < -0.4 is 11.1 Å². The first-order chi connectivity index (χ1) is 9.48. The van der Waals surface area contributed by atoms with Crippen LogP contribution in [0.2, 0.25) is 0 Å². The highest BCUT2D eigenvalue weighted by atomic mass is 19.1. The third-order valence-electron chi connectivity index (χ3n) is 3.91. The summed E-state index contributed by atoms with van der Waals surface area (Å²) in [6.07, 6.45) is 2.42. The molecule has 110 valence electrons. The molecule has 0 saturated heterocycles. The first-order valence-corrected chi connectivity index (χ1v) is 6.99. The highest BCUT2D eigenvalue weighted by Gasteiger charge is 2.47. The Morgan fingerprint density at radius 1 is 1.40 bits per heavy atom. The molecule has 0 bridgehead atoms. The summed E-state index contributed by atoms with van der Waals surface area (Å²) in [5.74, 6) is -0.653. The number of nitrogens with one attached hydrogen (secondary N) is 1. The average molecular weight is 281 g/mol. The minimum Gasteiger partial charge on any atom is -0.370 e. The second-order valence-electron chi connectivity index (χ2n) is 5.53. The monoisotopic (exact) mass is 281 g/mol. The molecule has 0 aliphatic heterocycles. The number of aliphatic imine (C=N–C) groups is 1. The zero-order valence-corrected chi connectivity index (χ0v) is 11.9. The number of hydrogen-bond donors (Lipinski definition) is 2. The predicted octanol–water partition coefficient (Wildman–Crippen LogP) is 2.70. The van der Waals surface area contributed by atoms with Crippen LogP contribution in [0.4, 0.5) is 8.78 Å². The van der Waals surface area contributed by atoms with Crippen molar-refractivity contribution in [2.45, 2.75) is 44.6 Å². The standard InChI is InChI=1S/C15H21F2N3/c1-3-10(2)20-14(18)19-9-15(7-8-15)13-11(16)5-4-6-12(13)17/h4-6,10H,3,7-9H2,1-2H3,(H3,18,19,20). The van der Waals surface area contributed by atoms with Crippen LogP contribution in [0.1, 0.15) is 38.7 Å². The van der Waals surface area contributed by atoms with Crippen LogP contribution in [-0.2, 0) is 5.41 Å². The summed E-state index contributed by atoms with van der Waals surface area (Å²) in [7, 11) is 0. The predicted molar refractivity (Wildman–Crippen MR) is 76.6 cm³/mol. The topological polar surface area (TPSA) is 50.4 Å². The molecule has 1 aliphatic carbocycles. The first kappa shape index (κ1) is 14.8. The Labute approximate surface area is 118 Å². The zero-order chi connectivity index (χ0) is 14.8. The van der Waals surface area contributed by atoms with Gasteiger partial charge in [-0.3, -0.25) is 4.99 Å². The van der Waals surface area contributed by atoms with Crippen LogP contribution in [0.3, 0.4) is 0 Å². The van der Waals surface area contributed by atoms with Crippen LogP contribution in [0.5, 0.6) is 0 Å². The van der Waals surface area contributed by atoms with Gasteiger partial charge in [-0.15, -0.1) is 0 Å². The minimum atomic E-state index is -0.517. The van der Waals surface area contributed by atoms with E-state index < -0.39 is 17.0 Å². The van der Waals surface area contributed by atoms with E-state index >= 15 is 0 Å². The lowest BCUT2D eigenvalue weighted by Gasteiger charge is -2.17. The SMILES string of the molecule is CCC(C)NC(N)=NCC1(c2c(F)cccc2F)CC1. The van der Waals surface area contributed by atoms with Crippen molar-refractivity contribution in [2.75, 3.05) is 6.54 Å². The number of nitrogens with zero attached hydrogens (tertiary/aromatic N) is 1. The van der Waals surface area contributed by atoms with Crippen molar-refractivity contribution in [1.82, 2.24) is 5.32 Å². The van der Waals surface area contributed by atoms with Crippen LogP contribution in [0.15, 0.2) is 23.2 Å². The van der Waals surface area contributed by atoms with E-state index in [-0.39, 0.29) is 11.6 Å². The van der Waals surface area contributed by atoms with E-state index in [2.05, 4.69) is 10.3 Å². The van der Waals surface area contributed by atoms with E-state index in [9.17, 15) is 8.78 Å². The van der Waals surface area contributed by atoms with Crippen molar-refractivity contribution >= 4 is 5.96 Å². The summed E-state index contributed by atoms with van der Waals surface area (Å²) in [5, 5.41) is 3.05. The second kappa shape index (κ2) is 5.77. The Morgan fingerprint density at radius 3 is 2.50 bits per heavy atom. The fraction of sp³-hybridized carbons (Fsp3) is 0.533. The fourth-order valence-corrected chi connectivity index (χ4v) is 2.28. The van der Waals surface area contributed by atoms with Gasteiger partial charge in [0.25, 0.3) is 0 Å². The molecule has 0 aromatic heterocycles. The van der Waals surface area contributed by atoms with Crippen LogP contribution >= 0.6 is 0 Å². The van der Waals surface area contributed by atoms with E-state index in [1.165, 1.54) is 18.2 Å². The highest BCUT2D eigenvalue weighted by Crippen LogP contribution is 2.50. The van der Waals surface area contributed by atoms with Gasteiger partial charge in [0.1, 0.15) is 11.6 Å². The molecule has 3 nitrogen and oxygen atoms in total. The molecule has 2 rings (SSSR count). The van der Waals surface area contributed by atoms with Crippen molar-refractivity contribution < 1.29 is 8.78 Å². The molecular formula is C15H21F2N3. The molecule has 1 aliphatic rings. The maximum atomic E-state index is 13.8. The van der Waals surface area contributed by atoms with E-state index in [1.807, 2.05) is 13.8 Å². The Balaban J connectivity index is 2.11. The van der Waals surface area contributed by atoms with Crippen LogP contribution in [0, 0.1) is 11.6 Å². The summed E-state index contributed by atoms with van der Waals surface area (Å²) in [5.41, 5.74) is 5.43. The maximum absolute atomic E-state index is 13.8. The molecular weight excluding hydrogens is 260 g/mol. The number of guanidine groups is 1. The molecule has 1 aromatic carbocycles. The van der Waals surface area contributed by atoms with Gasteiger partial charge in [-0.05, 0) is 38.3 Å². The average Bonchev–Trinajstić information content (AvgIpc) is 3.17. The summed E-state index contributed by atoms with van der Waals surface area (Å²) >= 11 is 0. The number of halogens is 2. The Kier molecular flexibility index (Phi) is 4.26. The lowest BCUT2D eigenvalue weighted by Crippen LogP contribution is -2.38. The second-order valence-corrected chi connectivity index (χ2v) is 5.53. The molecule has 0 radical (unpaired) electrons. The number of benzene rings is 1. The van der Waals surface area contributed by atoms with Crippen molar-refractivity contribution in [3.05, 3.63) is 35.4 Å². The normalized spacial score (nSPS) is 18.7. The maximum Gasteiger partial charge on any atom is 0.188 e. The van der Waals surface area contributed by atoms with Crippen molar-refractivity contribution in [3.8, 4) is 0 Å². The lowest BCUT2D eigenvalue weighted by molar-refractivity contribution is 0.516. The minimum absolute atomic E-state index is 0.153. The highest BCUT2D eigenvalue weighted by molar-refractivity contribution is 5.78. The van der Waals surface area contributed by atoms with Gasteiger partial charge in [-0.1, -0.05) is 13.0 Å². The summed E-state index contributed by atoms with van der Waals surface area (Å²) in [4.78, 5) is 4.25. The van der Waals surface area contributed by atoms with E-state index in [0.29, 0.717) is 12.5 Å². The van der Waals surface area contributed by atoms with Gasteiger partial charge in [-0.25, -0.2) is 8.78 Å². The Morgan fingerprint density at radius 2 is 2.00 bits per heavy atom. The first-order valence-electron chi connectivity index (χ1n) is 6.99. The van der Waals surface area contributed by atoms with Gasteiger partial charge in [0.15, 0.2) is 5.96 Å². The van der Waals surface area contributed by atoms with Crippen LogP contribution in [0.25, 0.3) is 0 Å². The Hall–Kier alpha value is -1.65. The van der Waals surface area contributed by atoms with Gasteiger partial charge in [-0.2, -0.15) is 0 Å². The molecule has 20 heavy (non-hydrogen) atoms. The van der Waals surface area contributed by atoms with Gasteiger partial charge < -0.3 is 11.1 Å². The summed E-state index contributed by atoms with van der Waals surface area (Å²) in [6, 6.07) is 4.21. The van der Waals surface area contributed by atoms with E-state index in [1.54, 1.807) is 0 Å². The number of hydrogen-bond acceptors (Lipinski definition) is 1. The third kappa shape index (κ3) is 3.08. The van der Waals surface area contributed by atoms with E-state index in [4.69, 9.17) is 5.73 Å². The fourth-order valence-electron chi connectivity index (χ4n) is 2.28. The molecule has 1 saturated carbocycles. The summed E-state index contributed by atoms with van der Waals surface area (Å²) in [6.45, 7) is 4.37. The molecule has 3 N–H and O–H groups in total. The van der Waals surface area contributed by atoms with Crippen molar-refractivity contribution in [2.24, 2.45) is 10.7 Å². The van der Waals surface area contributed by atoms with Gasteiger partial charge >= 0.3 is 0 Å². The molecule has 0 amide bonds. The molecule has 0 spiro atoms. The van der Waals surface area contributed by atoms with Gasteiger partial charge in [0.05, 0.1) is 6.54 Å². The molecule has 5 heteroatoms. The molecule has 1 aromatic rings.